The average molecular weight is 292 g/mol. The molecule has 0 fully saturated rings. The molecule has 0 amide bonds. The molecule has 0 aliphatic rings. The van der Waals surface area contributed by atoms with Crippen LogP contribution in [-0.4, -0.2) is 63.7 Å². The van der Waals surface area contributed by atoms with E-state index in [0.717, 1.165) is 19.3 Å². The molecule has 0 aromatic carbocycles. The zero-order valence-electron chi connectivity index (χ0n) is 11.7. The molecular formula is C13H24O7. The van der Waals surface area contributed by atoms with Crippen LogP contribution in [0.15, 0.2) is 0 Å². The smallest absolute Gasteiger partial charge is 0.306 e. The Kier molecular flexibility index (Phi) is 10.2. The first-order valence-corrected chi connectivity index (χ1v) is 6.77. The Morgan fingerprint density at radius 3 is 2.30 bits per heavy atom. The number of aliphatic hydroxyl groups is 4. The van der Waals surface area contributed by atoms with Gasteiger partial charge >= 0.3 is 5.97 Å². The van der Waals surface area contributed by atoms with Crippen LogP contribution in [0.25, 0.3) is 0 Å². The molecule has 20 heavy (non-hydrogen) atoms. The number of ether oxygens (including phenoxy) is 1. The van der Waals surface area contributed by atoms with Crippen molar-refractivity contribution in [1.29, 1.82) is 0 Å². The lowest BCUT2D eigenvalue weighted by molar-refractivity contribution is -0.155. The van der Waals surface area contributed by atoms with E-state index in [2.05, 4.69) is 4.74 Å². The number of hydrogen-bond donors (Lipinski definition) is 4. The van der Waals surface area contributed by atoms with Crippen LogP contribution in [0.3, 0.4) is 0 Å². The van der Waals surface area contributed by atoms with Crippen molar-refractivity contribution in [3.05, 3.63) is 0 Å². The quantitative estimate of drug-likeness (QED) is 0.288. The summed E-state index contributed by atoms with van der Waals surface area (Å²) < 4.78 is 4.66. The fourth-order valence-electron chi connectivity index (χ4n) is 1.51. The van der Waals surface area contributed by atoms with Crippen LogP contribution in [0.5, 0.6) is 0 Å². The fourth-order valence-corrected chi connectivity index (χ4v) is 1.51. The van der Waals surface area contributed by atoms with Crippen molar-refractivity contribution < 1.29 is 34.8 Å². The van der Waals surface area contributed by atoms with Gasteiger partial charge in [-0.1, -0.05) is 26.2 Å². The maximum atomic E-state index is 11.4. The van der Waals surface area contributed by atoms with Gasteiger partial charge in [0.25, 0.3) is 0 Å². The molecule has 0 saturated carbocycles. The summed E-state index contributed by atoms with van der Waals surface area (Å²) in [5.41, 5.74) is 0. The van der Waals surface area contributed by atoms with Crippen molar-refractivity contribution >= 4 is 11.8 Å². The average Bonchev–Trinajstić information content (AvgIpc) is 2.46. The summed E-state index contributed by atoms with van der Waals surface area (Å²) >= 11 is 0. The van der Waals surface area contributed by atoms with E-state index in [1.165, 1.54) is 0 Å². The summed E-state index contributed by atoms with van der Waals surface area (Å²) in [5, 5.41) is 36.3. The summed E-state index contributed by atoms with van der Waals surface area (Å²) in [5.74, 6) is -1.47. The van der Waals surface area contributed by atoms with Gasteiger partial charge in [0.05, 0.1) is 6.61 Å². The number of esters is 1. The molecule has 7 nitrogen and oxygen atoms in total. The van der Waals surface area contributed by atoms with Gasteiger partial charge in [-0.25, -0.2) is 0 Å². The predicted octanol–water partition coefficient (Wildman–Crippen LogP) is -0.856. The Morgan fingerprint density at radius 2 is 1.75 bits per heavy atom. The van der Waals surface area contributed by atoms with Gasteiger partial charge in [-0.15, -0.1) is 0 Å². The number of hydrogen-bond acceptors (Lipinski definition) is 7. The predicted molar refractivity (Wildman–Crippen MR) is 69.8 cm³/mol. The summed E-state index contributed by atoms with van der Waals surface area (Å²) in [7, 11) is 0. The Balaban J connectivity index is 3.94. The van der Waals surface area contributed by atoms with Gasteiger partial charge in [0.1, 0.15) is 18.3 Å². The molecule has 118 valence electrons. The zero-order chi connectivity index (χ0) is 15.5. The lowest BCUT2D eigenvalue weighted by Gasteiger charge is -2.20. The van der Waals surface area contributed by atoms with Crippen molar-refractivity contribution in [3.63, 3.8) is 0 Å². The van der Waals surface area contributed by atoms with Crippen LogP contribution in [0.1, 0.15) is 39.0 Å². The molecule has 0 aromatic rings. The first-order chi connectivity index (χ1) is 9.43. The topological polar surface area (TPSA) is 124 Å². The van der Waals surface area contributed by atoms with Crippen LogP contribution >= 0.6 is 0 Å². The number of unbranched alkanes of at least 4 members (excludes halogenated alkanes) is 3. The highest BCUT2D eigenvalue weighted by Crippen LogP contribution is 2.05. The Bertz CT molecular complexity index is 292. The van der Waals surface area contributed by atoms with Crippen LogP contribution in [0, 0.1) is 0 Å². The van der Waals surface area contributed by atoms with E-state index in [1.807, 2.05) is 6.92 Å². The standard InChI is InChI=1S/C13H24O7/c1-2-3-4-5-6-11(17)20-8-10(16)13(19)12(18)9(15)7-14/h9,12-15,18-19H,2-8H2,1H3/t9-,12+,13+/m0/s1. The number of ketones is 1. The molecular weight excluding hydrogens is 268 g/mol. The van der Waals surface area contributed by atoms with Crippen molar-refractivity contribution in [2.45, 2.75) is 57.3 Å². The van der Waals surface area contributed by atoms with Gasteiger partial charge < -0.3 is 25.2 Å². The minimum absolute atomic E-state index is 0.200. The van der Waals surface area contributed by atoms with Gasteiger partial charge in [-0.3, -0.25) is 9.59 Å². The number of aliphatic hydroxyl groups excluding tert-OH is 4. The normalized spacial score (nSPS) is 15.4. The van der Waals surface area contributed by atoms with Gasteiger partial charge in [0.15, 0.2) is 6.61 Å². The van der Waals surface area contributed by atoms with Gasteiger partial charge in [0.2, 0.25) is 5.78 Å². The van der Waals surface area contributed by atoms with Crippen molar-refractivity contribution in [3.8, 4) is 0 Å². The Labute approximate surface area is 118 Å². The van der Waals surface area contributed by atoms with Gasteiger partial charge in [-0.2, -0.15) is 0 Å². The van der Waals surface area contributed by atoms with Crippen molar-refractivity contribution in [2.24, 2.45) is 0 Å². The van der Waals surface area contributed by atoms with Crippen LogP contribution in [0.2, 0.25) is 0 Å². The molecule has 0 heterocycles. The summed E-state index contributed by atoms with van der Waals surface area (Å²) in [6.07, 6.45) is -1.48. The van der Waals surface area contributed by atoms with E-state index < -0.39 is 43.3 Å². The number of rotatable bonds is 11. The molecule has 7 heteroatoms. The maximum absolute atomic E-state index is 11.4. The highest BCUT2D eigenvalue weighted by Gasteiger charge is 2.30. The summed E-state index contributed by atoms with van der Waals surface area (Å²) in [6, 6.07) is 0. The maximum Gasteiger partial charge on any atom is 0.306 e. The molecule has 0 bridgehead atoms. The lowest BCUT2D eigenvalue weighted by atomic mass is 10.1. The van der Waals surface area contributed by atoms with Crippen LogP contribution in [0.4, 0.5) is 0 Å². The molecule has 0 rings (SSSR count). The summed E-state index contributed by atoms with van der Waals surface area (Å²) in [6.45, 7) is 0.593. The molecule has 0 aliphatic heterocycles. The second-order valence-corrected chi connectivity index (χ2v) is 4.62. The molecule has 0 saturated heterocycles. The van der Waals surface area contributed by atoms with Gasteiger partial charge in [0, 0.05) is 6.42 Å². The van der Waals surface area contributed by atoms with E-state index in [-0.39, 0.29) is 6.42 Å². The SMILES string of the molecule is CCCCCCC(=O)OCC(=O)[C@@H](O)[C@H](O)[C@@H](O)CO. The van der Waals surface area contributed by atoms with E-state index in [0.29, 0.717) is 6.42 Å². The van der Waals surface area contributed by atoms with Crippen molar-refractivity contribution in [2.75, 3.05) is 13.2 Å². The molecule has 0 spiro atoms. The third-order valence-electron chi connectivity index (χ3n) is 2.84. The number of carbonyl (C=O) groups excluding carboxylic acids is 2. The molecule has 0 unspecified atom stereocenters. The number of Topliss-reactive ketones (excluding diaryl/α,β-unsaturated/α-hetero) is 1. The minimum Gasteiger partial charge on any atom is -0.458 e. The molecule has 0 aliphatic carbocycles. The third-order valence-corrected chi connectivity index (χ3v) is 2.84. The van der Waals surface area contributed by atoms with E-state index in [1.54, 1.807) is 0 Å². The second kappa shape index (κ2) is 10.7. The van der Waals surface area contributed by atoms with E-state index in [4.69, 9.17) is 10.2 Å². The Morgan fingerprint density at radius 1 is 1.10 bits per heavy atom. The van der Waals surface area contributed by atoms with E-state index in [9.17, 15) is 19.8 Å². The van der Waals surface area contributed by atoms with Crippen molar-refractivity contribution in [1.82, 2.24) is 0 Å². The number of carbonyl (C=O) groups is 2. The van der Waals surface area contributed by atoms with Crippen LogP contribution < -0.4 is 0 Å². The van der Waals surface area contributed by atoms with E-state index >= 15 is 0 Å². The largest absolute Gasteiger partial charge is 0.458 e. The van der Waals surface area contributed by atoms with Gasteiger partial charge in [-0.05, 0) is 6.42 Å². The minimum atomic E-state index is -1.90. The first-order valence-electron chi connectivity index (χ1n) is 6.77. The zero-order valence-corrected chi connectivity index (χ0v) is 11.7. The monoisotopic (exact) mass is 292 g/mol. The molecule has 0 aromatic heterocycles. The molecule has 3 atom stereocenters. The summed E-state index contributed by atoms with van der Waals surface area (Å²) in [4.78, 5) is 22.7. The highest BCUT2D eigenvalue weighted by atomic mass is 16.5. The molecule has 4 N–H and O–H groups in total. The Hall–Kier alpha value is -1.02. The van der Waals surface area contributed by atoms with Crippen LogP contribution in [-0.2, 0) is 14.3 Å². The lowest BCUT2D eigenvalue weighted by Crippen LogP contribution is -2.45. The fraction of sp³-hybridized carbons (Fsp3) is 0.846. The highest BCUT2D eigenvalue weighted by molar-refractivity contribution is 5.86. The first kappa shape index (κ1) is 19.0. The molecule has 0 radical (unpaired) electrons. The third kappa shape index (κ3) is 7.54. The second-order valence-electron chi connectivity index (χ2n) is 4.62.